The molecule has 2 atom stereocenters. The minimum Gasteiger partial charge on any atom is -0.314 e. The third-order valence-electron chi connectivity index (χ3n) is 5.94. The maximum absolute atomic E-state index is 13.4. The van der Waals surface area contributed by atoms with Crippen LogP contribution in [0.2, 0.25) is 5.02 Å². The van der Waals surface area contributed by atoms with E-state index in [2.05, 4.69) is 23.3 Å². The Bertz CT molecular complexity index is 1140. The van der Waals surface area contributed by atoms with E-state index in [4.69, 9.17) is 11.6 Å². The molecule has 1 fully saturated rings. The maximum atomic E-state index is 13.4. The molecular formula is C22H26ClN3O2S. The fraction of sp³-hybridized carbons (Fsp3) is 0.409. The Morgan fingerprint density at radius 3 is 2.76 bits per heavy atom. The van der Waals surface area contributed by atoms with Gasteiger partial charge in [-0.3, -0.25) is 0 Å². The van der Waals surface area contributed by atoms with Gasteiger partial charge in [0.05, 0.1) is 15.9 Å². The van der Waals surface area contributed by atoms with Crippen molar-refractivity contribution in [1.82, 2.24) is 14.3 Å². The molecule has 5 nitrogen and oxygen atoms in total. The van der Waals surface area contributed by atoms with Crippen molar-refractivity contribution in [2.45, 2.75) is 56.4 Å². The summed E-state index contributed by atoms with van der Waals surface area (Å²) in [4.78, 5) is 4.75. The smallest absolute Gasteiger partial charge is 0.269 e. The predicted molar refractivity (Wildman–Crippen MR) is 117 cm³/mol. The van der Waals surface area contributed by atoms with Crippen molar-refractivity contribution in [2.75, 3.05) is 6.54 Å². The van der Waals surface area contributed by atoms with Crippen LogP contribution in [0.15, 0.2) is 47.6 Å². The molecule has 1 aliphatic heterocycles. The largest absolute Gasteiger partial charge is 0.314 e. The summed E-state index contributed by atoms with van der Waals surface area (Å²) in [7, 11) is -3.78. The first kappa shape index (κ1) is 20.4. The van der Waals surface area contributed by atoms with Crippen LogP contribution >= 0.6 is 11.6 Å². The highest BCUT2D eigenvalue weighted by Gasteiger charge is 2.25. The van der Waals surface area contributed by atoms with E-state index in [0.717, 1.165) is 43.3 Å². The van der Waals surface area contributed by atoms with E-state index in [0.29, 0.717) is 28.1 Å². The number of nitrogens with one attached hydrogen (secondary N) is 1. The van der Waals surface area contributed by atoms with Crippen LogP contribution in [0.1, 0.15) is 49.7 Å². The number of hydrogen-bond donors (Lipinski definition) is 1. The van der Waals surface area contributed by atoms with Gasteiger partial charge < -0.3 is 5.32 Å². The second-order valence-corrected chi connectivity index (χ2v) is 10.1. The van der Waals surface area contributed by atoms with Crippen molar-refractivity contribution in [3.8, 4) is 0 Å². The number of rotatable bonds is 3. The first-order valence-corrected chi connectivity index (χ1v) is 11.9. The van der Waals surface area contributed by atoms with Gasteiger partial charge in [0.15, 0.2) is 0 Å². The van der Waals surface area contributed by atoms with E-state index in [9.17, 15) is 8.42 Å². The fourth-order valence-electron chi connectivity index (χ4n) is 4.24. The summed E-state index contributed by atoms with van der Waals surface area (Å²) in [5.41, 5.74) is 3.10. The average molecular weight is 432 g/mol. The van der Waals surface area contributed by atoms with Gasteiger partial charge in [-0.25, -0.2) is 17.4 Å². The van der Waals surface area contributed by atoms with E-state index in [1.165, 1.54) is 10.3 Å². The maximum Gasteiger partial charge on any atom is 0.269 e. The molecule has 0 saturated carbocycles. The predicted octanol–water partition coefficient (Wildman–Crippen LogP) is 4.87. The summed E-state index contributed by atoms with van der Waals surface area (Å²) in [5.74, 6) is 0.391. The molecule has 1 saturated heterocycles. The molecule has 154 valence electrons. The topological polar surface area (TPSA) is 64.0 Å². The summed E-state index contributed by atoms with van der Waals surface area (Å²) >= 11 is 6.17. The van der Waals surface area contributed by atoms with E-state index < -0.39 is 10.0 Å². The van der Waals surface area contributed by atoms with Gasteiger partial charge in [-0.15, -0.1) is 0 Å². The van der Waals surface area contributed by atoms with Crippen LogP contribution in [0.3, 0.4) is 0 Å². The van der Waals surface area contributed by atoms with Crippen LogP contribution in [-0.4, -0.2) is 30.0 Å². The van der Waals surface area contributed by atoms with Gasteiger partial charge in [-0.05, 0) is 81.3 Å². The number of aromatic nitrogens is 2. The lowest BCUT2D eigenvalue weighted by Gasteiger charge is -2.24. The number of halogens is 1. The highest BCUT2D eigenvalue weighted by Crippen LogP contribution is 2.34. The third kappa shape index (κ3) is 3.81. The molecular weight excluding hydrogens is 406 g/mol. The number of fused-ring (bicyclic) bond motifs is 1. The first-order valence-electron chi connectivity index (χ1n) is 10.1. The van der Waals surface area contributed by atoms with Crippen molar-refractivity contribution in [1.29, 1.82) is 0 Å². The van der Waals surface area contributed by atoms with Crippen LogP contribution in [0, 0.1) is 6.92 Å². The van der Waals surface area contributed by atoms with Crippen molar-refractivity contribution in [3.05, 3.63) is 58.9 Å². The molecule has 29 heavy (non-hydrogen) atoms. The molecule has 0 amide bonds. The van der Waals surface area contributed by atoms with Gasteiger partial charge in [0.2, 0.25) is 0 Å². The first-order chi connectivity index (χ1) is 13.9. The lowest BCUT2D eigenvalue weighted by atomic mass is 9.87. The Balaban J connectivity index is 1.79. The third-order valence-corrected chi connectivity index (χ3v) is 8.16. The van der Waals surface area contributed by atoms with E-state index in [-0.39, 0.29) is 4.90 Å². The summed E-state index contributed by atoms with van der Waals surface area (Å²) in [6, 6.07) is 11.3. The number of para-hydroxylation sites is 1. The lowest BCUT2D eigenvalue weighted by molar-refractivity contribution is 0.407. The standard InChI is InChI=1S/C22H26ClN3O2S/c1-15-11-12-17(6-5-13-24-15)18-7-3-9-20-22(18)25-14-26(20)29(27,28)21-10-4-8-19(23)16(21)2/h3-4,7-10,14-15,17,24H,5-6,11-13H2,1-2H3. The Hall–Kier alpha value is -1.89. The van der Waals surface area contributed by atoms with Crippen LogP contribution < -0.4 is 5.32 Å². The molecule has 3 aromatic rings. The molecule has 2 unspecified atom stereocenters. The van der Waals surface area contributed by atoms with Gasteiger partial charge in [-0.2, -0.15) is 0 Å². The summed E-state index contributed by atoms with van der Waals surface area (Å²) in [6.45, 7) is 4.96. The highest BCUT2D eigenvalue weighted by molar-refractivity contribution is 7.90. The molecule has 0 spiro atoms. The second-order valence-electron chi connectivity index (χ2n) is 7.90. The number of nitrogens with zero attached hydrogens (tertiary/aromatic N) is 2. The van der Waals surface area contributed by atoms with Gasteiger partial charge in [-0.1, -0.05) is 29.8 Å². The van der Waals surface area contributed by atoms with Gasteiger partial charge in [0.1, 0.15) is 6.33 Å². The molecule has 0 radical (unpaired) electrons. The van der Waals surface area contributed by atoms with Crippen LogP contribution in [-0.2, 0) is 10.0 Å². The van der Waals surface area contributed by atoms with Crippen LogP contribution in [0.25, 0.3) is 11.0 Å². The molecule has 1 aromatic heterocycles. The van der Waals surface area contributed by atoms with Gasteiger partial charge in [0, 0.05) is 11.1 Å². The zero-order valence-corrected chi connectivity index (χ0v) is 18.3. The molecule has 0 aliphatic carbocycles. The van der Waals surface area contributed by atoms with E-state index in [1.54, 1.807) is 25.1 Å². The summed E-state index contributed by atoms with van der Waals surface area (Å²) in [6.07, 6.45) is 5.77. The van der Waals surface area contributed by atoms with Gasteiger partial charge >= 0.3 is 0 Å². The Kier molecular flexibility index (Phi) is 5.69. The molecule has 1 N–H and O–H groups in total. The minimum atomic E-state index is -3.78. The summed E-state index contributed by atoms with van der Waals surface area (Å²) < 4.78 is 28.0. The Morgan fingerprint density at radius 1 is 1.14 bits per heavy atom. The molecule has 2 aromatic carbocycles. The van der Waals surface area contributed by atoms with E-state index >= 15 is 0 Å². The zero-order chi connectivity index (χ0) is 20.6. The van der Waals surface area contributed by atoms with Crippen molar-refractivity contribution in [2.24, 2.45) is 0 Å². The SMILES string of the molecule is Cc1c(Cl)cccc1S(=O)(=O)n1cnc2c(C3CCCNC(C)CC3)cccc21. The monoisotopic (exact) mass is 431 g/mol. The average Bonchev–Trinajstić information content (AvgIpc) is 3.12. The molecule has 2 heterocycles. The molecule has 0 bridgehead atoms. The number of benzene rings is 2. The summed E-state index contributed by atoms with van der Waals surface area (Å²) in [5, 5.41) is 3.97. The van der Waals surface area contributed by atoms with Crippen LogP contribution in [0.5, 0.6) is 0 Å². The molecule has 7 heteroatoms. The highest BCUT2D eigenvalue weighted by atomic mass is 35.5. The normalized spacial score (nSPS) is 21.1. The van der Waals surface area contributed by atoms with E-state index in [1.807, 2.05) is 12.1 Å². The van der Waals surface area contributed by atoms with Gasteiger partial charge in [0.25, 0.3) is 10.0 Å². The Labute approximate surface area is 177 Å². The molecule has 4 rings (SSSR count). The lowest BCUT2D eigenvalue weighted by Crippen LogP contribution is -2.29. The molecule has 1 aliphatic rings. The quantitative estimate of drug-likeness (QED) is 0.642. The fourth-order valence-corrected chi connectivity index (χ4v) is 6.01. The minimum absolute atomic E-state index is 0.209. The number of imidazole rings is 1. The number of hydrogen-bond acceptors (Lipinski definition) is 4. The van der Waals surface area contributed by atoms with Crippen LogP contribution in [0.4, 0.5) is 0 Å². The second kappa shape index (κ2) is 8.09. The van der Waals surface area contributed by atoms with Crippen molar-refractivity contribution >= 4 is 32.7 Å². The van der Waals surface area contributed by atoms with Crippen molar-refractivity contribution < 1.29 is 8.42 Å². The Morgan fingerprint density at radius 2 is 1.93 bits per heavy atom. The zero-order valence-electron chi connectivity index (χ0n) is 16.7. The van der Waals surface area contributed by atoms with Crippen molar-refractivity contribution in [3.63, 3.8) is 0 Å².